The van der Waals surface area contributed by atoms with E-state index in [1.165, 1.54) is 29.9 Å². The molecule has 34 heavy (non-hydrogen) atoms. The van der Waals surface area contributed by atoms with Crippen LogP contribution in [0, 0.1) is 18.6 Å². The number of aryl methyl sites for hydroxylation is 1. The van der Waals surface area contributed by atoms with Gasteiger partial charge in [-0.15, -0.1) is 0 Å². The van der Waals surface area contributed by atoms with Crippen LogP contribution >= 0.6 is 0 Å². The topological polar surface area (TPSA) is 47.0 Å². The summed E-state index contributed by atoms with van der Waals surface area (Å²) in [5.41, 5.74) is 6.23. The van der Waals surface area contributed by atoms with Crippen molar-refractivity contribution in [1.29, 1.82) is 0 Å². The van der Waals surface area contributed by atoms with E-state index in [0.717, 1.165) is 55.7 Å². The second kappa shape index (κ2) is 9.24. The van der Waals surface area contributed by atoms with Gasteiger partial charge in [0.2, 0.25) is 0 Å². The first-order chi connectivity index (χ1) is 16.5. The first-order valence-corrected chi connectivity index (χ1v) is 11.5. The third-order valence-corrected chi connectivity index (χ3v) is 6.90. The lowest BCUT2D eigenvalue weighted by molar-refractivity contribution is -0.0800. The number of fused-ring (bicyclic) bond motifs is 2. The van der Waals surface area contributed by atoms with Gasteiger partial charge >= 0.3 is 0 Å². The molecule has 1 saturated heterocycles. The smallest absolute Gasteiger partial charge is 0.159 e. The Labute approximate surface area is 198 Å². The number of benzene rings is 2. The molecule has 2 aromatic carbocycles. The normalized spacial score (nSPS) is 17.7. The van der Waals surface area contributed by atoms with Crippen LogP contribution in [0.4, 0.5) is 8.78 Å². The highest BCUT2D eigenvalue weighted by Gasteiger charge is 2.42. The van der Waals surface area contributed by atoms with Gasteiger partial charge in [-0.2, -0.15) is 0 Å². The Morgan fingerprint density at radius 1 is 1.12 bits per heavy atom. The molecule has 1 spiro atoms. The summed E-state index contributed by atoms with van der Waals surface area (Å²) in [6, 6.07) is 12.0. The predicted molar refractivity (Wildman–Crippen MR) is 125 cm³/mol. The van der Waals surface area contributed by atoms with Gasteiger partial charge in [-0.3, -0.25) is 9.88 Å². The molecule has 3 heterocycles. The molecule has 0 amide bonds. The molecule has 1 aromatic heterocycles. The molecule has 7 heteroatoms. The zero-order valence-corrected chi connectivity index (χ0v) is 19.4. The number of oxime groups is 1. The van der Waals surface area contributed by atoms with Gasteiger partial charge in [0.05, 0.1) is 12.2 Å². The summed E-state index contributed by atoms with van der Waals surface area (Å²) in [6.07, 6.45) is 5.69. The zero-order chi connectivity index (χ0) is 23.7. The largest absolute Gasteiger partial charge is 0.399 e. The van der Waals surface area contributed by atoms with E-state index in [4.69, 9.17) is 9.57 Å². The summed E-state index contributed by atoms with van der Waals surface area (Å²) in [6.45, 7) is 5.38. The molecule has 5 rings (SSSR count). The maximum absolute atomic E-state index is 13.8. The van der Waals surface area contributed by atoms with E-state index in [1.54, 1.807) is 0 Å². The highest BCUT2D eigenvalue weighted by atomic mass is 19.2. The standard InChI is InChI=1S/C27H27F2N3O2/c1-18-13-19(3-5-22(18)26(31-33-2)20-4-6-24(28)25(29)14-20)16-32-11-8-27(9-12-32)23-15-30-10-7-21(23)17-34-27/h3-7,10,13-15H,8-9,11-12,16-17H2,1-2H3. The van der Waals surface area contributed by atoms with Gasteiger partial charge in [0.1, 0.15) is 12.8 Å². The minimum absolute atomic E-state index is 0.199. The molecular weight excluding hydrogens is 436 g/mol. The highest BCUT2D eigenvalue weighted by Crippen LogP contribution is 2.43. The van der Waals surface area contributed by atoms with Crippen LogP contribution < -0.4 is 0 Å². The minimum atomic E-state index is -0.914. The monoisotopic (exact) mass is 463 g/mol. The van der Waals surface area contributed by atoms with Gasteiger partial charge < -0.3 is 9.57 Å². The fourth-order valence-electron chi connectivity index (χ4n) is 5.08. The number of likely N-dealkylation sites (tertiary alicyclic amines) is 1. The summed E-state index contributed by atoms with van der Waals surface area (Å²) in [5, 5.41) is 4.10. The van der Waals surface area contributed by atoms with Crippen molar-refractivity contribution in [3.63, 3.8) is 0 Å². The number of aromatic nitrogens is 1. The molecule has 0 N–H and O–H groups in total. The molecule has 0 saturated carbocycles. The van der Waals surface area contributed by atoms with Crippen LogP contribution in [-0.2, 0) is 28.3 Å². The maximum atomic E-state index is 13.8. The minimum Gasteiger partial charge on any atom is -0.399 e. The SMILES string of the molecule is CON=C(c1ccc(F)c(F)c1)c1ccc(CN2CCC3(CC2)OCc2ccncc23)cc1C. The van der Waals surface area contributed by atoms with E-state index in [-0.39, 0.29) is 5.60 Å². The Morgan fingerprint density at radius 3 is 2.68 bits per heavy atom. The first-order valence-electron chi connectivity index (χ1n) is 11.5. The second-order valence-electron chi connectivity index (χ2n) is 8.99. The van der Waals surface area contributed by atoms with Gasteiger partial charge in [0, 0.05) is 48.7 Å². The van der Waals surface area contributed by atoms with Crippen LogP contribution in [0.1, 0.15) is 46.2 Å². The number of nitrogens with zero attached hydrogens (tertiary/aromatic N) is 3. The quantitative estimate of drug-likeness (QED) is 0.391. The highest BCUT2D eigenvalue weighted by molar-refractivity contribution is 6.13. The fourth-order valence-corrected chi connectivity index (χ4v) is 5.08. The molecule has 0 unspecified atom stereocenters. The van der Waals surface area contributed by atoms with Crippen LogP contribution in [-0.4, -0.2) is 35.8 Å². The van der Waals surface area contributed by atoms with Crippen LogP contribution in [0.3, 0.4) is 0 Å². The lowest BCUT2D eigenvalue weighted by Gasteiger charge is -2.39. The van der Waals surface area contributed by atoms with Crippen molar-refractivity contribution in [3.05, 3.63) is 99.9 Å². The number of pyridine rings is 1. The lowest BCUT2D eigenvalue weighted by atomic mass is 9.84. The number of halogens is 2. The van der Waals surface area contributed by atoms with E-state index in [9.17, 15) is 8.78 Å². The van der Waals surface area contributed by atoms with Gasteiger partial charge in [-0.25, -0.2) is 8.78 Å². The van der Waals surface area contributed by atoms with E-state index >= 15 is 0 Å². The predicted octanol–water partition coefficient (Wildman–Crippen LogP) is 5.09. The van der Waals surface area contributed by atoms with E-state index < -0.39 is 11.6 Å². The molecule has 176 valence electrons. The molecule has 2 aliphatic heterocycles. The van der Waals surface area contributed by atoms with Crippen molar-refractivity contribution >= 4 is 5.71 Å². The van der Waals surface area contributed by atoms with Crippen LogP contribution in [0.25, 0.3) is 0 Å². The van der Waals surface area contributed by atoms with Crippen molar-refractivity contribution in [1.82, 2.24) is 9.88 Å². The first kappa shape index (κ1) is 22.6. The number of hydrogen-bond acceptors (Lipinski definition) is 5. The van der Waals surface area contributed by atoms with Crippen molar-refractivity contribution in [2.75, 3.05) is 20.2 Å². The third kappa shape index (κ3) is 4.21. The second-order valence-corrected chi connectivity index (χ2v) is 8.99. The summed E-state index contributed by atoms with van der Waals surface area (Å²) in [4.78, 5) is 11.8. The van der Waals surface area contributed by atoms with Crippen LogP contribution in [0.2, 0.25) is 0 Å². The zero-order valence-electron chi connectivity index (χ0n) is 19.4. The Morgan fingerprint density at radius 2 is 1.94 bits per heavy atom. The van der Waals surface area contributed by atoms with Crippen molar-refractivity contribution in [2.24, 2.45) is 5.16 Å². The van der Waals surface area contributed by atoms with Gasteiger partial charge in [-0.05, 0) is 60.7 Å². The van der Waals surface area contributed by atoms with Crippen LogP contribution in [0.5, 0.6) is 0 Å². The van der Waals surface area contributed by atoms with Crippen molar-refractivity contribution in [3.8, 4) is 0 Å². The van der Waals surface area contributed by atoms with Gasteiger partial charge in [0.15, 0.2) is 11.6 Å². The third-order valence-electron chi connectivity index (χ3n) is 6.90. The fraction of sp³-hybridized carbons (Fsp3) is 0.333. The molecule has 5 nitrogen and oxygen atoms in total. The molecule has 3 aromatic rings. The summed E-state index contributed by atoms with van der Waals surface area (Å²) in [5.74, 6) is -1.80. The molecule has 0 radical (unpaired) electrons. The molecule has 0 bridgehead atoms. The molecule has 1 fully saturated rings. The van der Waals surface area contributed by atoms with Crippen molar-refractivity contribution in [2.45, 2.75) is 38.5 Å². The van der Waals surface area contributed by atoms with E-state index in [1.807, 2.05) is 25.4 Å². The molecule has 2 aliphatic rings. The summed E-state index contributed by atoms with van der Waals surface area (Å²) in [7, 11) is 1.44. The van der Waals surface area contributed by atoms with Crippen LogP contribution in [0.15, 0.2) is 60.0 Å². The van der Waals surface area contributed by atoms with Crippen molar-refractivity contribution < 1.29 is 18.4 Å². The van der Waals surface area contributed by atoms with Gasteiger partial charge in [0.25, 0.3) is 0 Å². The molecule has 0 atom stereocenters. The van der Waals surface area contributed by atoms with Gasteiger partial charge in [-0.1, -0.05) is 23.4 Å². The summed E-state index contributed by atoms with van der Waals surface area (Å²) >= 11 is 0. The number of hydrogen-bond donors (Lipinski definition) is 0. The lowest BCUT2D eigenvalue weighted by Crippen LogP contribution is -2.42. The van der Waals surface area contributed by atoms with E-state index in [0.29, 0.717) is 17.9 Å². The molecule has 0 aliphatic carbocycles. The van der Waals surface area contributed by atoms with E-state index in [2.05, 4.69) is 33.2 Å². The Balaban J connectivity index is 1.30. The summed E-state index contributed by atoms with van der Waals surface area (Å²) < 4.78 is 33.5. The Hall–Kier alpha value is -3.16. The number of ether oxygens (including phenoxy) is 1. The average Bonchev–Trinajstić information content (AvgIpc) is 3.20. The maximum Gasteiger partial charge on any atom is 0.159 e. The Bertz CT molecular complexity index is 1240. The Kier molecular flexibility index (Phi) is 6.15. The number of piperidine rings is 1. The average molecular weight is 464 g/mol. The number of rotatable bonds is 5. The molecular formula is C27H27F2N3O2.